The molecule has 0 N–H and O–H groups in total. The lowest BCUT2D eigenvalue weighted by Crippen LogP contribution is -1.85. The lowest BCUT2D eigenvalue weighted by atomic mass is 10.2. The van der Waals surface area contributed by atoms with Crippen LogP contribution in [0.2, 0.25) is 0 Å². The summed E-state index contributed by atoms with van der Waals surface area (Å²) in [5.41, 5.74) is 2.13. The van der Waals surface area contributed by atoms with Crippen LogP contribution in [-0.4, -0.2) is 9.78 Å². The molecule has 0 aliphatic rings. The van der Waals surface area contributed by atoms with Crippen molar-refractivity contribution in [3.05, 3.63) is 37.0 Å². The first kappa shape index (κ1) is 6.40. The van der Waals surface area contributed by atoms with Crippen molar-refractivity contribution in [2.24, 2.45) is 0 Å². The van der Waals surface area contributed by atoms with E-state index in [1.54, 1.807) is 4.68 Å². The minimum Gasteiger partial charge on any atom is -0.263 e. The first-order valence-electron chi connectivity index (χ1n) is 3.54. The molecular weight excluding hydrogens is 136 g/mol. The number of aryl methyl sites for hydroxylation is 1. The highest BCUT2D eigenvalue weighted by Crippen LogP contribution is 2.15. The van der Waals surface area contributed by atoms with Crippen LogP contribution >= 0.6 is 0 Å². The van der Waals surface area contributed by atoms with Crippen molar-refractivity contribution in [2.45, 2.75) is 6.92 Å². The summed E-state index contributed by atoms with van der Waals surface area (Å²) < 4.78 is 1.66. The van der Waals surface area contributed by atoms with Gasteiger partial charge in [0, 0.05) is 5.39 Å². The molecule has 2 rings (SSSR count). The van der Waals surface area contributed by atoms with E-state index < -0.39 is 0 Å². The Labute approximate surface area is 65.5 Å². The van der Waals surface area contributed by atoms with E-state index in [1.807, 2.05) is 25.1 Å². The van der Waals surface area contributed by atoms with E-state index in [0.717, 1.165) is 11.2 Å². The predicted molar refractivity (Wildman–Crippen MR) is 45.2 cm³/mol. The van der Waals surface area contributed by atoms with Gasteiger partial charge in [0.15, 0.2) is 0 Å². The van der Waals surface area contributed by atoms with Crippen molar-refractivity contribution in [1.82, 2.24) is 9.78 Å². The van der Waals surface area contributed by atoms with Crippen molar-refractivity contribution >= 4 is 10.9 Å². The third kappa shape index (κ3) is 0.827. The Kier molecular flexibility index (Phi) is 1.22. The smallest absolute Gasteiger partial charge is 0.0686 e. The third-order valence-corrected chi connectivity index (χ3v) is 1.84. The molecule has 2 aromatic rings. The van der Waals surface area contributed by atoms with Crippen molar-refractivity contribution in [1.29, 1.82) is 0 Å². The molecule has 0 atom stereocenters. The number of benzene rings is 1. The standard InChI is InChI=1S/C9H9N2/c1-7-8-5-3-4-6-9(8)11(2)10-7/h3-6H,2H2,1H3. The van der Waals surface area contributed by atoms with Gasteiger partial charge in [0.25, 0.3) is 0 Å². The Morgan fingerprint density at radius 3 is 2.82 bits per heavy atom. The van der Waals surface area contributed by atoms with Gasteiger partial charge in [-0.15, -0.1) is 0 Å². The fourth-order valence-electron chi connectivity index (χ4n) is 1.29. The molecule has 1 aromatic heterocycles. The second kappa shape index (κ2) is 2.09. The highest BCUT2D eigenvalue weighted by molar-refractivity contribution is 5.81. The maximum absolute atomic E-state index is 4.20. The van der Waals surface area contributed by atoms with E-state index in [2.05, 4.69) is 18.2 Å². The second-order valence-electron chi connectivity index (χ2n) is 2.60. The molecule has 1 heterocycles. The molecule has 0 saturated carbocycles. The van der Waals surface area contributed by atoms with Crippen LogP contribution < -0.4 is 0 Å². The van der Waals surface area contributed by atoms with E-state index in [4.69, 9.17) is 0 Å². The molecule has 0 saturated heterocycles. The van der Waals surface area contributed by atoms with Crippen LogP contribution in [0, 0.1) is 14.0 Å². The fraction of sp³-hybridized carbons (Fsp3) is 0.111. The Morgan fingerprint density at radius 1 is 1.36 bits per heavy atom. The van der Waals surface area contributed by atoms with Gasteiger partial charge < -0.3 is 0 Å². The normalized spacial score (nSPS) is 10.7. The molecule has 11 heavy (non-hydrogen) atoms. The quantitative estimate of drug-likeness (QED) is 0.554. The highest BCUT2D eigenvalue weighted by Gasteiger charge is 2.00. The summed E-state index contributed by atoms with van der Waals surface area (Å²) in [5.74, 6) is 0. The molecule has 0 amide bonds. The second-order valence-corrected chi connectivity index (χ2v) is 2.60. The number of hydrogen-bond donors (Lipinski definition) is 0. The number of aromatic nitrogens is 2. The van der Waals surface area contributed by atoms with E-state index in [-0.39, 0.29) is 0 Å². The largest absolute Gasteiger partial charge is 0.263 e. The molecule has 0 aliphatic carbocycles. The minimum atomic E-state index is 1.04. The molecule has 55 valence electrons. The highest BCUT2D eigenvalue weighted by atomic mass is 15.3. The zero-order valence-electron chi connectivity index (χ0n) is 6.41. The molecule has 2 nitrogen and oxygen atoms in total. The first-order chi connectivity index (χ1) is 5.29. The van der Waals surface area contributed by atoms with E-state index in [1.165, 1.54) is 5.39 Å². The van der Waals surface area contributed by atoms with Crippen LogP contribution in [0.25, 0.3) is 10.9 Å². The summed E-state index contributed by atoms with van der Waals surface area (Å²) in [4.78, 5) is 0. The lowest BCUT2D eigenvalue weighted by molar-refractivity contribution is 0.886. The Hall–Kier alpha value is -1.31. The molecule has 1 aromatic carbocycles. The van der Waals surface area contributed by atoms with Gasteiger partial charge in [-0.25, -0.2) is 0 Å². The van der Waals surface area contributed by atoms with Crippen LogP contribution in [-0.2, 0) is 0 Å². The lowest BCUT2D eigenvalue weighted by Gasteiger charge is -1.89. The van der Waals surface area contributed by atoms with Crippen LogP contribution in [0.5, 0.6) is 0 Å². The number of hydrogen-bond acceptors (Lipinski definition) is 1. The van der Waals surface area contributed by atoms with Crippen LogP contribution in [0.4, 0.5) is 0 Å². The predicted octanol–water partition coefficient (Wildman–Crippen LogP) is 1.98. The Bertz CT molecular complexity index is 351. The molecule has 0 unspecified atom stereocenters. The van der Waals surface area contributed by atoms with Gasteiger partial charge in [-0.1, -0.05) is 18.2 Å². The molecule has 0 aliphatic heterocycles. The van der Waals surface area contributed by atoms with Crippen LogP contribution in [0.3, 0.4) is 0 Å². The molecule has 2 heteroatoms. The van der Waals surface area contributed by atoms with Crippen LogP contribution in [0.1, 0.15) is 5.69 Å². The van der Waals surface area contributed by atoms with Crippen molar-refractivity contribution in [2.75, 3.05) is 0 Å². The average Bonchev–Trinajstić information content (AvgIpc) is 2.30. The number of nitrogens with zero attached hydrogens (tertiary/aromatic N) is 2. The average molecular weight is 145 g/mol. The zero-order valence-corrected chi connectivity index (χ0v) is 6.41. The van der Waals surface area contributed by atoms with Gasteiger partial charge in [0.05, 0.1) is 18.3 Å². The van der Waals surface area contributed by atoms with Gasteiger partial charge in [-0.2, -0.15) is 5.10 Å². The van der Waals surface area contributed by atoms with Crippen molar-refractivity contribution in [3.8, 4) is 0 Å². The molecule has 0 spiro atoms. The summed E-state index contributed by atoms with van der Waals surface area (Å²) in [5, 5.41) is 5.38. The van der Waals surface area contributed by atoms with Gasteiger partial charge in [-0.3, -0.25) is 4.68 Å². The SMILES string of the molecule is [CH2]n1nc(C)c2ccccc21. The molecule has 0 fully saturated rings. The topological polar surface area (TPSA) is 17.8 Å². The summed E-state index contributed by atoms with van der Waals surface area (Å²) in [6.45, 7) is 1.99. The first-order valence-corrected chi connectivity index (χ1v) is 3.54. The van der Waals surface area contributed by atoms with Gasteiger partial charge in [-0.05, 0) is 13.0 Å². The monoisotopic (exact) mass is 145 g/mol. The molecule has 1 radical (unpaired) electrons. The van der Waals surface area contributed by atoms with E-state index in [0.29, 0.717) is 0 Å². The number of fused-ring (bicyclic) bond motifs is 1. The van der Waals surface area contributed by atoms with Gasteiger partial charge in [0.2, 0.25) is 0 Å². The summed E-state index contributed by atoms with van der Waals surface area (Å²) in [7, 11) is 3.78. The molecular formula is C9H9N2. The summed E-state index contributed by atoms with van der Waals surface area (Å²) >= 11 is 0. The Balaban J connectivity index is 2.95. The van der Waals surface area contributed by atoms with Gasteiger partial charge >= 0.3 is 0 Å². The van der Waals surface area contributed by atoms with Crippen molar-refractivity contribution in [3.63, 3.8) is 0 Å². The van der Waals surface area contributed by atoms with E-state index >= 15 is 0 Å². The Morgan fingerprint density at radius 2 is 2.09 bits per heavy atom. The number of rotatable bonds is 0. The third-order valence-electron chi connectivity index (χ3n) is 1.84. The number of para-hydroxylation sites is 1. The molecule has 0 bridgehead atoms. The summed E-state index contributed by atoms with van der Waals surface area (Å²) in [6.07, 6.45) is 0. The minimum absolute atomic E-state index is 1.04. The van der Waals surface area contributed by atoms with Crippen molar-refractivity contribution < 1.29 is 0 Å². The summed E-state index contributed by atoms with van der Waals surface area (Å²) in [6, 6.07) is 8.07. The van der Waals surface area contributed by atoms with Gasteiger partial charge in [0.1, 0.15) is 0 Å². The van der Waals surface area contributed by atoms with Crippen LogP contribution in [0.15, 0.2) is 24.3 Å². The fourth-order valence-corrected chi connectivity index (χ4v) is 1.29. The maximum Gasteiger partial charge on any atom is 0.0686 e. The maximum atomic E-state index is 4.20. The van der Waals surface area contributed by atoms with E-state index in [9.17, 15) is 0 Å². The zero-order chi connectivity index (χ0) is 7.84.